The number of hydrogen-bond donors (Lipinski definition) is 2. The first-order valence-corrected chi connectivity index (χ1v) is 6.02. The molecule has 0 radical (unpaired) electrons. The summed E-state index contributed by atoms with van der Waals surface area (Å²) in [5.41, 5.74) is 1.10. The topological polar surface area (TPSA) is 49.8 Å². The highest BCUT2D eigenvalue weighted by atomic mass is 15.1. The number of aryl methyl sites for hydroxylation is 1. The molecule has 1 rings (SSSR count). The Hall–Kier alpha value is -1.32. The highest BCUT2D eigenvalue weighted by Crippen LogP contribution is 2.19. The molecule has 0 amide bonds. The Morgan fingerprint density at radius 3 is 1.69 bits per heavy atom. The molecule has 0 spiro atoms. The fraction of sp³-hybridized carbons (Fsp3) is 0.667. The van der Waals surface area contributed by atoms with E-state index < -0.39 is 0 Å². The van der Waals surface area contributed by atoms with Crippen molar-refractivity contribution < 1.29 is 0 Å². The van der Waals surface area contributed by atoms with Crippen LogP contribution in [0.1, 0.15) is 38.1 Å². The minimum Gasteiger partial charge on any atom is -0.370 e. The van der Waals surface area contributed by atoms with Crippen LogP contribution in [0.4, 0.5) is 11.6 Å². The van der Waals surface area contributed by atoms with Crippen LogP contribution in [0, 0.1) is 13.8 Å². The Bertz CT molecular complexity index is 307. The van der Waals surface area contributed by atoms with E-state index in [0.29, 0.717) is 0 Å². The van der Waals surface area contributed by atoms with Crippen molar-refractivity contribution in [2.75, 3.05) is 23.7 Å². The van der Waals surface area contributed by atoms with Crippen LogP contribution in [-0.4, -0.2) is 23.1 Å². The van der Waals surface area contributed by atoms with Gasteiger partial charge in [-0.15, -0.1) is 0 Å². The van der Waals surface area contributed by atoms with Crippen LogP contribution >= 0.6 is 0 Å². The molecule has 0 fully saturated rings. The summed E-state index contributed by atoms with van der Waals surface area (Å²) in [7, 11) is 0. The van der Waals surface area contributed by atoms with E-state index in [-0.39, 0.29) is 0 Å². The van der Waals surface area contributed by atoms with Crippen molar-refractivity contribution in [2.45, 2.75) is 40.5 Å². The van der Waals surface area contributed by atoms with Gasteiger partial charge in [-0.2, -0.15) is 0 Å². The molecule has 1 aromatic heterocycles. The second kappa shape index (κ2) is 6.30. The maximum atomic E-state index is 4.42. The molecule has 0 atom stereocenters. The van der Waals surface area contributed by atoms with Crippen LogP contribution < -0.4 is 10.6 Å². The molecule has 2 N–H and O–H groups in total. The van der Waals surface area contributed by atoms with Gasteiger partial charge in [0.25, 0.3) is 0 Å². The van der Waals surface area contributed by atoms with Gasteiger partial charge < -0.3 is 10.6 Å². The van der Waals surface area contributed by atoms with Crippen LogP contribution in [0.3, 0.4) is 0 Å². The average molecular weight is 222 g/mol. The van der Waals surface area contributed by atoms with Crippen LogP contribution in [0.5, 0.6) is 0 Å². The monoisotopic (exact) mass is 222 g/mol. The lowest BCUT2D eigenvalue weighted by Gasteiger charge is -2.13. The molecule has 4 nitrogen and oxygen atoms in total. The van der Waals surface area contributed by atoms with Gasteiger partial charge in [0, 0.05) is 18.7 Å². The molecule has 0 aliphatic carbocycles. The molecule has 0 saturated heterocycles. The maximum absolute atomic E-state index is 4.42. The van der Waals surface area contributed by atoms with Crippen LogP contribution in [0.2, 0.25) is 0 Å². The molecule has 0 aliphatic rings. The van der Waals surface area contributed by atoms with Crippen molar-refractivity contribution in [3.63, 3.8) is 0 Å². The lowest BCUT2D eigenvalue weighted by Crippen LogP contribution is -2.11. The fourth-order valence-corrected chi connectivity index (χ4v) is 1.46. The van der Waals surface area contributed by atoms with Gasteiger partial charge in [-0.25, -0.2) is 9.97 Å². The lowest BCUT2D eigenvalue weighted by atomic mass is 10.3. The minimum absolute atomic E-state index is 0.808. The predicted molar refractivity (Wildman–Crippen MR) is 69.1 cm³/mol. The average Bonchev–Trinajstić information content (AvgIpc) is 2.28. The zero-order chi connectivity index (χ0) is 12.0. The van der Waals surface area contributed by atoms with E-state index in [1.54, 1.807) is 0 Å². The second-order valence-electron chi connectivity index (χ2n) is 3.95. The molecule has 0 bridgehead atoms. The Morgan fingerprint density at radius 2 is 1.31 bits per heavy atom. The fourth-order valence-electron chi connectivity index (χ4n) is 1.46. The van der Waals surface area contributed by atoms with E-state index in [9.17, 15) is 0 Å². The third kappa shape index (κ3) is 3.36. The summed E-state index contributed by atoms with van der Waals surface area (Å²) in [6.45, 7) is 10.2. The summed E-state index contributed by atoms with van der Waals surface area (Å²) in [4.78, 5) is 8.83. The SMILES string of the molecule is CCCNc1nc(C)nc(NCCC)c1C. The third-order valence-electron chi connectivity index (χ3n) is 2.34. The largest absolute Gasteiger partial charge is 0.370 e. The van der Waals surface area contributed by atoms with Crippen LogP contribution in [0.25, 0.3) is 0 Å². The zero-order valence-electron chi connectivity index (χ0n) is 10.7. The summed E-state index contributed by atoms with van der Waals surface area (Å²) in [5.74, 6) is 2.71. The Labute approximate surface area is 97.9 Å². The van der Waals surface area contributed by atoms with Gasteiger partial charge in [0.15, 0.2) is 0 Å². The van der Waals surface area contributed by atoms with Crippen molar-refractivity contribution in [1.82, 2.24) is 9.97 Å². The number of anilines is 2. The van der Waals surface area contributed by atoms with Gasteiger partial charge in [-0.1, -0.05) is 13.8 Å². The number of hydrogen-bond acceptors (Lipinski definition) is 4. The highest BCUT2D eigenvalue weighted by Gasteiger charge is 2.07. The van der Waals surface area contributed by atoms with Gasteiger partial charge in [0.1, 0.15) is 17.5 Å². The standard InChI is InChI=1S/C12H22N4/c1-5-7-13-11-9(3)12(14-8-6-2)16-10(4)15-11/h5-8H2,1-4H3,(H2,13,14,15,16). The van der Waals surface area contributed by atoms with E-state index in [4.69, 9.17) is 0 Å². The lowest BCUT2D eigenvalue weighted by molar-refractivity contribution is 0.928. The molecular formula is C12H22N4. The van der Waals surface area contributed by atoms with E-state index in [1.807, 2.05) is 6.92 Å². The van der Waals surface area contributed by atoms with Gasteiger partial charge in [-0.05, 0) is 26.7 Å². The van der Waals surface area contributed by atoms with Crippen molar-refractivity contribution in [1.29, 1.82) is 0 Å². The molecule has 0 unspecified atom stereocenters. The van der Waals surface area contributed by atoms with Gasteiger partial charge in [0.05, 0.1) is 0 Å². The number of aromatic nitrogens is 2. The first kappa shape index (κ1) is 12.7. The smallest absolute Gasteiger partial charge is 0.134 e. The molecule has 1 aromatic rings. The predicted octanol–water partition coefficient (Wildman–Crippen LogP) is 2.74. The van der Waals surface area contributed by atoms with Gasteiger partial charge in [0.2, 0.25) is 0 Å². The minimum atomic E-state index is 0.808. The summed E-state index contributed by atoms with van der Waals surface area (Å²) in [6.07, 6.45) is 2.19. The van der Waals surface area contributed by atoms with E-state index in [0.717, 1.165) is 49.0 Å². The Morgan fingerprint density at radius 1 is 0.875 bits per heavy atom. The summed E-state index contributed by atoms with van der Waals surface area (Å²) < 4.78 is 0. The molecular weight excluding hydrogens is 200 g/mol. The molecule has 16 heavy (non-hydrogen) atoms. The van der Waals surface area contributed by atoms with Crippen molar-refractivity contribution in [3.05, 3.63) is 11.4 Å². The normalized spacial score (nSPS) is 10.2. The number of rotatable bonds is 6. The molecule has 4 heteroatoms. The van der Waals surface area contributed by atoms with Crippen molar-refractivity contribution in [3.8, 4) is 0 Å². The Balaban J connectivity index is 2.86. The summed E-state index contributed by atoms with van der Waals surface area (Å²) in [5, 5.41) is 6.66. The molecule has 0 aromatic carbocycles. The Kier molecular flexibility index (Phi) is 5.02. The van der Waals surface area contributed by atoms with Gasteiger partial charge in [-0.3, -0.25) is 0 Å². The second-order valence-corrected chi connectivity index (χ2v) is 3.95. The third-order valence-corrected chi connectivity index (χ3v) is 2.34. The van der Waals surface area contributed by atoms with Crippen LogP contribution in [-0.2, 0) is 0 Å². The molecule has 0 saturated carbocycles. The summed E-state index contributed by atoms with van der Waals surface area (Å²) >= 11 is 0. The van der Waals surface area contributed by atoms with Gasteiger partial charge >= 0.3 is 0 Å². The van der Waals surface area contributed by atoms with Crippen molar-refractivity contribution in [2.24, 2.45) is 0 Å². The summed E-state index contributed by atoms with van der Waals surface area (Å²) in [6, 6.07) is 0. The van der Waals surface area contributed by atoms with E-state index in [1.165, 1.54) is 0 Å². The van der Waals surface area contributed by atoms with E-state index in [2.05, 4.69) is 41.4 Å². The van der Waals surface area contributed by atoms with Crippen molar-refractivity contribution >= 4 is 11.6 Å². The van der Waals surface area contributed by atoms with Crippen LogP contribution in [0.15, 0.2) is 0 Å². The first-order chi connectivity index (χ1) is 7.69. The molecule has 90 valence electrons. The quantitative estimate of drug-likeness (QED) is 0.777. The molecule has 1 heterocycles. The highest BCUT2D eigenvalue weighted by molar-refractivity contribution is 5.57. The maximum Gasteiger partial charge on any atom is 0.134 e. The molecule has 0 aliphatic heterocycles. The number of nitrogens with one attached hydrogen (secondary N) is 2. The number of nitrogens with zero attached hydrogens (tertiary/aromatic N) is 2. The first-order valence-electron chi connectivity index (χ1n) is 6.02. The van der Waals surface area contributed by atoms with E-state index >= 15 is 0 Å². The zero-order valence-corrected chi connectivity index (χ0v) is 10.7.